The molecule has 124 valence electrons. The summed E-state index contributed by atoms with van der Waals surface area (Å²) in [5, 5.41) is 0.716. The highest BCUT2D eigenvalue weighted by molar-refractivity contribution is 7.98. The number of carbonyl (C=O) groups excluding carboxylic acids is 2. The van der Waals surface area contributed by atoms with Gasteiger partial charge in [0.15, 0.2) is 0 Å². The summed E-state index contributed by atoms with van der Waals surface area (Å²) in [4.78, 5) is 24.5. The summed E-state index contributed by atoms with van der Waals surface area (Å²) in [5.41, 5.74) is 1.52. The Morgan fingerprint density at radius 2 is 1.88 bits per heavy atom. The number of hydrogen-bond donors (Lipinski definition) is 0. The van der Waals surface area contributed by atoms with Crippen LogP contribution in [0.3, 0.4) is 0 Å². The summed E-state index contributed by atoms with van der Waals surface area (Å²) < 4.78 is 9.93. The standard InChI is InChI=1S/C18H15ClO4S/c19-14-5-7-15(8-6-14)24-11-12-1-3-13(4-2-12)17(20)23-16-9-10-22-18(16)21/h1-8,16H,9-11H2/t16-/m1/s1. The molecule has 2 aromatic rings. The molecular formula is C18H15ClO4S. The van der Waals surface area contributed by atoms with Crippen molar-refractivity contribution in [2.24, 2.45) is 0 Å². The average molecular weight is 363 g/mol. The predicted molar refractivity (Wildman–Crippen MR) is 92.2 cm³/mol. The molecule has 1 aliphatic heterocycles. The van der Waals surface area contributed by atoms with Gasteiger partial charge in [-0.3, -0.25) is 0 Å². The Bertz CT molecular complexity index is 728. The number of rotatable bonds is 5. The molecule has 0 aliphatic carbocycles. The van der Waals surface area contributed by atoms with Gasteiger partial charge in [-0.2, -0.15) is 0 Å². The molecule has 24 heavy (non-hydrogen) atoms. The van der Waals surface area contributed by atoms with Crippen LogP contribution in [0.15, 0.2) is 53.4 Å². The van der Waals surface area contributed by atoms with Crippen LogP contribution in [0.4, 0.5) is 0 Å². The van der Waals surface area contributed by atoms with Gasteiger partial charge >= 0.3 is 11.9 Å². The third-order valence-electron chi connectivity index (χ3n) is 3.55. The number of cyclic esters (lactones) is 1. The maximum Gasteiger partial charge on any atom is 0.347 e. The van der Waals surface area contributed by atoms with Gasteiger partial charge in [0.2, 0.25) is 6.10 Å². The van der Waals surface area contributed by atoms with E-state index in [2.05, 4.69) is 0 Å². The summed E-state index contributed by atoms with van der Waals surface area (Å²) in [7, 11) is 0. The smallest absolute Gasteiger partial charge is 0.347 e. The Kier molecular flexibility index (Phi) is 5.43. The first-order chi connectivity index (χ1) is 11.6. The fourth-order valence-corrected chi connectivity index (χ4v) is 3.20. The van der Waals surface area contributed by atoms with Crippen molar-refractivity contribution in [3.05, 3.63) is 64.7 Å². The van der Waals surface area contributed by atoms with Crippen LogP contribution in [-0.2, 0) is 20.0 Å². The number of halogens is 1. The van der Waals surface area contributed by atoms with E-state index in [1.54, 1.807) is 23.9 Å². The molecule has 1 fully saturated rings. The maximum atomic E-state index is 12.0. The molecule has 0 spiro atoms. The normalized spacial score (nSPS) is 16.7. The van der Waals surface area contributed by atoms with Gasteiger partial charge in [0.05, 0.1) is 12.2 Å². The van der Waals surface area contributed by atoms with Crippen molar-refractivity contribution in [2.45, 2.75) is 23.2 Å². The minimum atomic E-state index is -0.780. The topological polar surface area (TPSA) is 52.6 Å². The van der Waals surface area contributed by atoms with E-state index >= 15 is 0 Å². The van der Waals surface area contributed by atoms with Gasteiger partial charge in [0.1, 0.15) is 0 Å². The maximum absolute atomic E-state index is 12.0. The van der Waals surface area contributed by atoms with Gasteiger partial charge < -0.3 is 9.47 Å². The van der Waals surface area contributed by atoms with Crippen molar-refractivity contribution >= 4 is 35.3 Å². The molecular weight excluding hydrogens is 348 g/mol. The van der Waals surface area contributed by atoms with Crippen molar-refractivity contribution < 1.29 is 19.1 Å². The second kappa shape index (κ2) is 7.73. The highest BCUT2D eigenvalue weighted by atomic mass is 35.5. The minimum absolute atomic E-state index is 0.303. The molecule has 0 radical (unpaired) electrons. The van der Waals surface area contributed by atoms with E-state index in [1.807, 2.05) is 36.4 Å². The number of carbonyl (C=O) groups is 2. The second-order valence-electron chi connectivity index (χ2n) is 5.29. The molecule has 0 amide bonds. The molecule has 6 heteroatoms. The van der Waals surface area contributed by atoms with Crippen LogP contribution < -0.4 is 0 Å². The van der Waals surface area contributed by atoms with Crippen molar-refractivity contribution in [3.8, 4) is 0 Å². The van der Waals surface area contributed by atoms with E-state index in [9.17, 15) is 9.59 Å². The monoisotopic (exact) mass is 362 g/mol. The quantitative estimate of drug-likeness (QED) is 0.592. The van der Waals surface area contributed by atoms with Crippen molar-refractivity contribution in [1.29, 1.82) is 0 Å². The molecule has 0 bridgehead atoms. The Morgan fingerprint density at radius 1 is 1.17 bits per heavy atom. The predicted octanol–water partition coefficient (Wildman–Crippen LogP) is 4.10. The first kappa shape index (κ1) is 16.9. The largest absolute Gasteiger partial charge is 0.463 e. The second-order valence-corrected chi connectivity index (χ2v) is 6.77. The molecule has 3 rings (SSSR count). The minimum Gasteiger partial charge on any atom is -0.463 e. The number of thioether (sulfide) groups is 1. The van der Waals surface area contributed by atoms with Crippen molar-refractivity contribution in [2.75, 3.05) is 6.61 Å². The van der Waals surface area contributed by atoms with E-state index in [4.69, 9.17) is 21.1 Å². The molecule has 0 saturated carbocycles. The van der Waals surface area contributed by atoms with Gasteiger partial charge in [0, 0.05) is 22.1 Å². The molecule has 1 saturated heterocycles. The lowest BCUT2D eigenvalue weighted by Gasteiger charge is -2.09. The third-order valence-corrected chi connectivity index (χ3v) is 4.88. The molecule has 1 atom stereocenters. The number of ether oxygens (including phenoxy) is 2. The van der Waals surface area contributed by atoms with E-state index in [0.717, 1.165) is 16.2 Å². The molecule has 0 N–H and O–H groups in total. The van der Waals surface area contributed by atoms with Gasteiger partial charge in [0.25, 0.3) is 0 Å². The molecule has 1 aliphatic rings. The number of esters is 2. The van der Waals surface area contributed by atoms with E-state index in [0.29, 0.717) is 23.6 Å². The summed E-state index contributed by atoms with van der Waals surface area (Å²) in [6, 6.07) is 14.8. The van der Waals surface area contributed by atoms with Crippen LogP contribution >= 0.6 is 23.4 Å². The molecule has 0 aromatic heterocycles. The summed E-state index contributed by atoms with van der Waals surface area (Å²) >= 11 is 7.55. The van der Waals surface area contributed by atoms with Crippen LogP contribution in [0, 0.1) is 0 Å². The lowest BCUT2D eigenvalue weighted by molar-refractivity contribution is -0.145. The van der Waals surface area contributed by atoms with Gasteiger partial charge in [-0.25, -0.2) is 9.59 Å². The summed E-state index contributed by atoms with van der Waals surface area (Å²) in [6.07, 6.45) is -0.363. The lowest BCUT2D eigenvalue weighted by Crippen LogP contribution is -2.22. The first-order valence-corrected chi connectivity index (χ1v) is 8.83. The fourth-order valence-electron chi connectivity index (χ4n) is 2.22. The van der Waals surface area contributed by atoms with Crippen molar-refractivity contribution in [3.63, 3.8) is 0 Å². The highest BCUT2D eigenvalue weighted by Gasteiger charge is 2.30. The Morgan fingerprint density at radius 3 is 2.50 bits per heavy atom. The van der Waals surface area contributed by atoms with Gasteiger partial charge in [-0.05, 0) is 42.0 Å². The lowest BCUT2D eigenvalue weighted by atomic mass is 10.1. The number of benzene rings is 2. The molecule has 2 aromatic carbocycles. The molecule has 1 heterocycles. The van der Waals surface area contributed by atoms with Crippen LogP contribution in [0.5, 0.6) is 0 Å². The van der Waals surface area contributed by atoms with E-state index in [1.165, 1.54) is 0 Å². The molecule has 0 unspecified atom stereocenters. The van der Waals surface area contributed by atoms with Gasteiger partial charge in [-0.1, -0.05) is 23.7 Å². The highest BCUT2D eigenvalue weighted by Crippen LogP contribution is 2.24. The van der Waals surface area contributed by atoms with E-state index in [-0.39, 0.29) is 0 Å². The Balaban J connectivity index is 1.55. The Hall–Kier alpha value is -1.98. The van der Waals surface area contributed by atoms with E-state index < -0.39 is 18.0 Å². The first-order valence-electron chi connectivity index (χ1n) is 7.47. The Labute approximate surface area is 149 Å². The third kappa shape index (κ3) is 4.30. The zero-order valence-electron chi connectivity index (χ0n) is 12.7. The zero-order valence-corrected chi connectivity index (χ0v) is 14.3. The SMILES string of the molecule is O=C(O[C@@H]1CCOC1=O)c1ccc(CSc2ccc(Cl)cc2)cc1. The summed E-state index contributed by atoms with van der Waals surface area (Å²) in [5.74, 6) is -0.193. The van der Waals surface area contributed by atoms with Crippen LogP contribution in [0.25, 0.3) is 0 Å². The van der Waals surface area contributed by atoms with Crippen LogP contribution in [0.1, 0.15) is 22.3 Å². The fraction of sp³-hybridized carbons (Fsp3) is 0.222. The number of hydrogen-bond acceptors (Lipinski definition) is 5. The van der Waals surface area contributed by atoms with Gasteiger partial charge in [-0.15, -0.1) is 11.8 Å². The molecule has 4 nitrogen and oxygen atoms in total. The summed E-state index contributed by atoms with van der Waals surface area (Å²) in [6.45, 7) is 0.303. The van der Waals surface area contributed by atoms with Crippen LogP contribution in [-0.4, -0.2) is 24.6 Å². The average Bonchev–Trinajstić information content (AvgIpc) is 3.00. The van der Waals surface area contributed by atoms with Crippen LogP contribution in [0.2, 0.25) is 5.02 Å². The van der Waals surface area contributed by atoms with Crippen molar-refractivity contribution in [1.82, 2.24) is 0 Å². The zero-order chi connectivity index (χ0) is 16.9.